The summed E-state index contributed by atoms with van der Waals surface area (Å²) in [5.74, 6) is -2.43. The summed E-state index contributed by atoms with van der Waals surface area (Å²) in [7, 11) is 0. The van der Waals surface area contributed by atoms with Gasteiger partial charge < -0.3 is 9.84 Å². The summed E-state index contributed by atoms with van der Waals surface area (Å²) in [5, 5.41) is 11.2. The summed E-state index contributed by atoms with van der Waals surface area (Å²) < 4.78 is 19.0. The number of hydrogen-bond donors (Lipinski definition) is 1. The van der Waals surface area contributed by atoms with E-state index in [9.17, 15) is 23.9 Å². The first-order valence-electron chi connectivity index (χ1n) is 10.5. The van der Waals surface area contributed by atoms with E-state index in [0.29, 0.717) is 28.5 Å². The Balaban J connectivity index is 1.95. The molecule has 0 bridgehead atoms. The second-order valence-electron chi connectivity index (χ2n) is 7.65. The van der Waals surface area contributed by atoms with Crippen LogP contribution in [0.2, 0.25) is 0 Å². The van der Waals surface area contributed by atoms with Crippen LogP contribution in [0.5, 0.6) is 5.75 Å². The molecule has 1 amide bonds. The van der Waals surface area contributed by atoms with Gasteiger partial charge in [0, 0.05) is 12.5 Å². The number of amides is 1. The van der Waals surface area contributed by atoms with Gasteiger partial charge in [0.15, 0.2) is 10.9 Å². The summed E-state index contributed by atoms with van der Waals surface area (Å²) >= 11 is 1.00. The maximum Gasteiger partial charge on any atom is 0.301 e. The van der Waals surface area contributed by atoms with Crippen LogP contribution in [-0.4, -0.2) is 34.2 Å². The second-order valence-corrected chi connectivity index (χ2v) is 8.63. The molecule has 1 aliphatic heterocycles. The number of rotatable bonds is 6. The van der Waals surface area contributed by atoms with Crippen LogP contribution >= 0.6 is 11.3 Å². The van der Waals surface area contributed by atoms with E-state index in [1.165, 1.54) is 24.0 Å². The Hall–Kier alpha value is -3.85. The highest BCUT2D eigenvalue weighted by Crippen LogP contribution is 2.44. The molecule has 1 N–H and O–H groups in total. The van der Waals surface area contributed by atoms with E-state index in [-0.39, 0.29) is 22.1 Å². The number of carbonyl (C=O) groups is 3. The van der Waals surface area contributed by atoms with Crippen LogP contribution in [-0.2, 0) is 9.59 Å². The second kappa shape index (κ2) is 9.18. The zero-order valence-corrected chi connectivity index (χ0v) is 19.5. The number of halogens is 1. The molecule has 0 aliphatic carbocycles. The fraction of sp³-hybridized carbons (Fsp3) is 0.200. The molecule has 1 atom stereocenters. The molecule has 34 heavy (non-hydrogen) atoms. The summed E-state index contributed by atoms with van der Waals surface area (Å²) in [6, 6.07) is 10.8. The molecular formula is C25H21FN2O5S. The zero-order valence-electron chi connectivity index (χ0n) is 18.7. The molecule has 7 nitrogen and oxygen atoms in total. The van der Waals surface area contributed by atoms with Gasteiger partial charge in [-0.3, -0.25) is 19.3 Å². The molecule has 1 aromatic heterocycles. The first kappa shape index (κ1) is 23.3. The molecule has 3 aromatic rings. The van der Waals surface area contributed by atoms with Gasteiger partial charge >= 0.3 is 5.91 Å². The van der Waals surface area contributed by atoms with E-state index in [0.717, 1.165) is 23.5 Å². The minimum atomic E-state index is -1.03. The Morgan fingerprint density at radius 1 is 1.21 bits per heavy atom. The quantitative estimate of drug-likeness (QED) is 0.235. The number of ether oxygens (including phenoxy) is 1. The molecule has 2 aromatic carbocycles. The van der Waals surface area contributed by atoms with Gasteiger partial charge in [0.2, 0.25) is 0 Å². The molecule has 174 valence electrons. The normalized spacial score (nSPS) is 17.3. The van der Waals surface area contributed by atoms with Gasteiger partial charge in [0.1, 0.15) is 17.3 Å². The number of ketones is 2. The van der Waals surface area contributed by atoms with Gasteiger partial charge in [0.25, 0.3) is 5.78 Å². The van der Waals surface area contributed by atoms with Crippen LogP contribution in [0.25, 0.3) is 5.76 Å². The highest BCUT2D eigenvalue weighted by atomic mass is 32.1. The Kier molecular flexibility index (Phi) is 6.30. The van der Waals surface area contributed by atoms with Crippen molar-refractivity contribution in [3.63, 3.8) is 0 Å². The molecular weight excluding hydrogens is 459 g/mol. The van der Waals surface area contributed by atoms with Crippen LogP contribution in [0.15, 0.2) is 54.1 Å². The molecule has 4 rings (SSSR count). The molecule has 1 fully saturated rings. The number of Topliss-reactive ketones (excluding diaryl/α,β-unsaturated/α-hetero) is 2. The van der Waals surface area contributed by atoms with Crippen molar-refractivity contribution in [2.45, 2.75) is 26.8 Å². The summed E-state index contributed by atoms with van der Waals surface area (Å²) in [5.41, 5.74) is 0.966. The van der Waals surface area contributed by atoms with E-state index < -0.39 is 29.3 Å². The third-order valence-electron chi connectivity index (χ3n) is 5.36. The minimum Gasteiger partial charge on any atom is -0.507 e. The lowest BCUT2D eigenvalue weighted by Crippen LogP contribution is -2.29. The third-order valence-corrected chi connectivity index (χ3v) is 6.62. The Labute approximate surface area is 199 Å². The topological polar surface area (TPSA) is 96.8 Å². The average Bonchev–Trinajstić information content (AvgIpc) is 3.31. The van der Waals surface area contributed by atoms with Crippen LogP contribution in [0.1, 0.15) is 46.4 Å². The maximum atomic E-state index is 13.4. The number of aromatic nitrogens is 1. The first-order valence-corrected chi connectivity index (χ1v) is 11.3. The smallest absolute Gasteiger partial charge is 0.301 e. The van der Waals surface area contributed by atoms with Crippen molar-refractivity contribution in [1.29, 1.82) is 0 Å². The van der Waals surface area contributed by atoms with Crippen molar-refractivity contribution in [1.82, 2.24) is 4.98 Å². The number of anilines is 1. The van der Waals surface area contributed by atoms with E-state index in [1.54, 1.807) is 31.2 Å². The van der Waals surface area contributed by atoms with Crippen molar-refractivity contribution in [3.05, 3.63) is 81.6 Å². The van der Waals surface area contributed by atoms with Crippen molar-refractivity contribution in [3.8, 4) is 5.75 Å². The monoisotopic (exact) mass is 480 g/mol. The number of hydrogen-bond acceptors (Lipinski definition) is 7. The van der Waals surface area contributed by atoms with Crippen molar-refractivity contribution in [2.75, 3.05) is 11.5 Å². The number of benzene rings is 2. The predicted molar refractivity (Wildman–Crippen MR) is 126 cm³/mol. The lowest BCUT2D eigenvalue weighted by Gasteiger charge is -2.23. The lowest BCUT2D eigenvalue weighted by molar-refractivity contribution is -0.132. The highest BCUT2D eigenvalue weighted by Gasteiger charge is 2.48. The molecule has 0 spiro atoms. The van der Waals surface area contributed by atoms with Crippen LogP contribution < -0.4 is 9.64 Å². The Bertz CT molecular complexity index is 1330. The van der Waals surface area contributed by atoms with Gasteiger partial charge in [-0.05, 0) is 55.8 Å². The van der Waals surface area contributed by atoms with Crippen LogP contribution in [0, 0.1) is 12.7 Å². The van der Waals surface area contributed by atoms with E-state index in [1.807, 2.05) is 6.92 Å². The van der Waals surface area contributed by atoms with Gasteiger partial charge in [-0.25, -0.2) is 9.37 Å². The van der Waals surface area contributed by atoms with E-state index in [4.69, 9.17) is 4.74 Å². The molecule has 9 heteroatoms. The molecule has 1 saturated heterocycles. The summed E-state index contributed by atoms with van der Waals surface area (Å²) in [6.45, 7) is 5.29. The number of nitrogens with zero attached hydrogens (tertiary/aromatic N) is 2. The molecule has 0 radical (unpaired) electrons. The molecule has 1 unspecified atom stereocenters. The minimum absolute atomic E-state index is 0.162. The molecule has 1 aliphatic rings. The largest absolute Gasteiger partial charge is 0.507 e. The molecule has 0 saturated carbocycles. The maximum absolute atomic E-state index is 13.4. The fourth-order valence-corrected chi connectivity index (χ4v) is 4.85. The van der Waals surface area contributed by atoms with Crippen LogP contribution in [0.4, 0.5) is 9.52 Å². The van der Waals surface area contributed by atoms with Gasteiger partial charge in [-0.2, -0.15) is 0 Å². The number of aliphatic hydroxyl groups is 1. The standard InChI is InChI=1S/C25H21FN2O5S/c1-4-33-18-7-5-6-16(12-18)20-19(21(30)15-8-10-17(26)11-9-15)22(31)24(32)28(20)25-27-13(2)23(34-25)14(3)29/h5-12,20,30H,4H2,1-3H3. The predicted octanol–water partition coefficient (Wildman–Crippen LogP) is 4.82. The highest BCUT2D eigenvalue weighted by molar-refractivity contribution is 7.18. The zero-order chi connectivity index (χ0) is 24.6. The SMILES string of the molecule is CCOc1cccc(C2C(=C(O)c3ccc(F)cc3)C(=O)C(=O)N2c2nc(C)c(C(C)=O)s2)c1. The van der Waals surface area contributed by atoms with E-state index in [2.05, 4.69) is 4.98 Å². The number of aliphatic hydroxyl groups excluding tert-OH is 1. The number of carbonyl (C=O) groups excluding carboxylic acids is 3. The van der Waals surface area contributed by atoms with Gasteiger partial charge in [-0.15, -0.1) is 0 Å². The number of thiazole rings is 1. The van der Waals surface area contributed by atoms with Crippen LogP contribution in [0.3, 0.4) is 0 Å². The third kappa shape index (κ3) is 4.10. The fourth-order valence-electron chi connectivity index (χ4n) is 3.86. The summed E-state index contributed by atoms with van der Waals surface area (Å²) in [6.07, 6.45) is 0. The first-order chi connectivity index (χ1) is 16.2. The Morgan fingerprint density at radius 2 is 1.91 bits per heavy atom. The summed E-state index contributed by atoms with van der Waals surface area (Å²) in [4.78, 5) is 44.3. The number of aryl methyl sites for hydroxylation is 1. The van der Waals surface area contributed by atoms with E-state index >= 15 is 0 Å². The van der Waals surface area contributed by atoms with Gasteiger partial charge in [0.05, 0.1) is 28.8 Å². The van der Waals surface area contributed by atoms with Gasteiger partial charge in [-0.1, -0.05) is 23.5 Å². The average molecular weight is 481 g/mol. The Morgan fingerprint density at radius 3 is 2.53 bits per heavy atom. The van der Waals surface area contributed by atoms with Crippen molar-refractivity contribution in [2.24, 2.45) is 0 Å². The molecule has 2 heterocycles. The lowest BCUT2D eigenvalue weighted by atomic mass is 9.95. The van der Waals surface area contributed by atoms with Crippen molar-refractivity contribution < 1.29 is 28.6 Å². The van der Waals surface area contributed by atoms with Crippen molar-refractivity contribution >= 4 is 39.7 Å².